The van der Waals surface area contributed by atoms with Crippen LogP contribution < -0.4 is 5.73 Å². The van der Waals surface area contributed by atoms with Gasteiger partial charge in [0.25, 0.3) is 0 Å². The molecule has 2 N–H and O–H groups in total. The van der Waals surface area contributed by atoms with Gasteiger partial charge in [0.05, 0.1) is 0 Å². The van der Waals surface area contributed by atoms with Gasteiger partial charge in [-0.15, -0.1) is 0 Å². The molecule has 0 aromatic heterocycles. The summed E-state index contributed by atoms with van der Waals surface area (Å²) in [6.07, 6.45) is 5.70. The first-order valence-corrected chi connectivity index (χ1v) is 8.76. The Balaban J connectivity index is 1.93. The average molecular weight is 356 g/mol. The Kier molecular flexibility index (Phi) is 5.48. The summed E-state index contributed by atoms with van der Waals surface area (Å²) in [7, 11) is 0. The van der Waals surface area contributed by atoms with E-state index in [9.17, 15) is 4.39 Å². The van der Waals surface area contributed by atoms with Gasteiger partial charge >= 0.3 is 0 Å². The van der Waals surface area contributed by atoms with Crippen molar-refractivity contribution in [3.63, 3.8) is 0 Å². The lowest BCUT2D eigenvalue weighted by Crippen LogP contribution is -2.37. The van der Waals surface area contributed by atoms with Crippen molar-refractivity contribution in [1.82, 2.24) is 0 Å². The van der Waals surface area contributed by atoms with E-state index in [1.807, 2.05) is 0 Å². The first kappa shape index (κ1) is 17.0. The Labute approximate surface area is 136 Å². The third kappa shape index (κ3) is 4.53. The molecule has 0 heterocycles. The van der Waals surface area contributed by atoms with E-state index in [0.717, 1.165) is 22.4 Å². The molecule has 1 atom stereocenters. The molecular weight excluding hydrogens is 329 g/mol. The molecule has 0 bridgehead atoms. The van der Waals surface area contributed by atoms with Crippen molar-refractivity contribution in [2.45, 2.75) is 58.9 Å². The molecule has 1 nitrogen and oxygen atoms in total. The van der Waals surface area contributed by atoms with Gasteiger partial charge in [0, 0.05) is 10.5 Å². The summed E-state index contributed by atoms with van der Waals surface area (Å²) >= 11 is 3.50. The molecule has 0 saturated heterocycles. The molecule has 21 heavy (non-hydrogen) atoms. The minimum absolute atomic E-state index is 0.129. The number of nitrogens with two attached hydrogens (primary N) is 1. The summed E-state index contributed by atoms with van der Waals surface area (Å²) in [5.41, 5.74) is 7.80. The standard InChI is InChI=1S/C18H27BrFN/c1-18(2,3)14-6-4-12(5-7-14)17(21)11-13-10-15(20)8-9-16(13)19/h8-10,12,14,17H,4-7,11,21H2,1-3H3. The van der Waals surface area contributed by atoms with Crippen molar-refractivity contribution in [2.24, 2.45) is 23.0 Å². The molecule has 0 amide bonds. The van der Waals surface area contributed by atoms with Gasteiger partial charge in [-0.05, 0) is 73.1 Å². The fraction of sp³-hybridized carbons (Fsp3) is 0.667. The molecule has 0 spiro atoms. The van der Waals surface area contributed by atoms with Gasteiger partial charge in [0.1, 0.15) is 5.82 Å². The Morgan fingerprint density at radius 3 is 2.43 bits per heavy atom. The molecular formula is C18H27BrFN. The highest BCUT2D eigenvalue weighted by Crippen LogP contribution is 2.40. The number of hydrogen-bond donors (Lipinski definition) is 1. The first-order chi connectivity index (χ1) is 9.77. The molecule has 1 saturated carbocycles. The van der Waals surface area contributed by atoms with E-state index in [1.165, 1.54) is 31.7 Å². The van der Waals surface area contributed by atoms with E-state index in [2.05, 4.69) is 36.7 Å². The lowest BCUT2D eigenvalue weighted by atomic mass is 9.68. The predicted molar refractivity (Wildman–Crippen MR) is 90.7 cm³/mol. The van der Waals surface area contributed by atoms with Crippen LogP contribution in [0.25, 0.3) is 0 Å². The smallest absolute Gasteiger partial charge is 0.123 e. The normalized spacial score (nSPS) is 24.9. The zero-order valence-electron chi connectivity index (χ0n) is 13.3. The summed E-state index contributed by atoms with van der Waals surface area (Å²) < 4.78 is 14.3. The van der Waals surface area contributed by atoms with Crippen LogP contribution in [-0.2, 0) is 6.42 Å². The minimum Gasteiger partial charge on any atom is -0.327 e. The van der Waals surface area contributed by atoms with Crippen LogP contribution in [0.3, 0.4) is 0 Å². The molecule has 1 aliphatic rings. The molecule has 0 aliphatic heterocycles. The Morgan fingerprint density at radius 1 is 1.24 bits per heavy atom. The average Bonchev–Trinajstić information content (AvgIpc) is 2.42. The Bertz CT molecular complexity index is 473. The second-order valence-corrected chi connectivity index (χ2v) is 8.44. The number of rotatable bonds is 3. The molecule has 1 aromatic rings. The van der Waals surface area contributed by atoms with Crippen LogP contribution in [0.15, 0.2) is 22.7 Å². The fourth-order valence-corrected chi connectivity index (χ4v) is 3.94. The van der Waals surface area contributed by atoms with Crippen molar-refractivity contribution in [3.05, 3.63) is 34.1 Å². The first-order valence-electron chi connectivity index (χ1n) is 7.97. The summed E-state index contributed by atoms with van der Waals surface area (Å²) in [5, 5.41) is 0. The molecule has 1 aromatic carbocycles. The number of benzene rings is 1. The lowest BCUT2D eigenvalue weighted by molar-refractivity contribution is 0.139. The van der Waals surface area contributed by atoms with Crippen molar-refractivity contribution in [2.75, 3.05) is 0 Å². The van der Waals surface area contributed by atoms with Crippen LogP contribution in [0.2, 0.25) is 0 Å². The summed E-state index contributed by atoms with van der Waals surface area (Å²) in [5.74, 6) is 1.19. The van der Waals surface area contributed by atoms with E-state index in [4.69, 9.17) is 5.73 Å². The maximum Gasteiger partial charge on any atom is 0.123 e. The molecule has 0 radical (unpaired) electrons. The number of halogens is 2. The van der Waals surface area contributed by atoms with Crippen LogP contribution in [0.5, 0.6) is 0 Å². The molecule has 3 heteroatoms. The lowest BCUT2D eigenvalue weighted by Gasteiger charge is -2.38. The van der Waals surface area contributed by atoms with Gasteiger partial charge in [-0.3, -0.25) is 0 Å². The van der Waals surface area contributed by atoms with E-state index >= 15 is 0 Å². The third-order valence-corrected chi connectivity index (χ3v) is 5.84. The topological polar surface area (TPSA) is 26.0 Å². The van der Waals surface area contributed by atoms with Gasteiger partial charge in [0.2, 0.25) is 0 Å². The highest BCUT2D eigenvalue weighted by molar-refractivity contribution is 9.10. The minimum atomic E-state index is -0.183. The van der Waals surface area contributed by atoms with Gasteiger partial charge in [0.15, 0.2) is 0 Å². The van der Waals surface area contributed by atoms with Crippen LogP contribution in [0.1, 0.15) is 52.0 Å². The monoisotopic (exact) mass is 355 g/mol. The third-order valence-electron chi connectivity index (χ3n) is 5.07. The zero-order chi connectivity index (χ0) is 15.6. The van der Waals surface area contributed by atoms with Crippen LogP contribution in [0.4, 0.5) is 4.39 Å². The zero-order valence-corrected chi connectivity index (χ0v) is 14.9. The highest BCUT2D eigenvalue weighted by atomic mass is 79.9. The van der Waals surface area contributed by atoms with Crippen LogP contribution in [-0.4, -0.2) is 6.04 Å². The van der Waals surface area contributed by atoms with Crippen molar-refractivity contribution < 1.29 is 4.39 Å². The Morgan fingerprint density at radius 2 is 1.86 bits per heavy atom. The fourth-order valence-electron chi connectivity index (χ4n) is 3.53. The predicted octanol–water partition coefficient (Wildman–Crippen LogP) is 5.31. The van der Waals surface area contributed by atoms with Gasteiger partial charge in [-0.2, -0.15) is 0 Å². The molecule has 2 rings (SSSR count). The Hall–Kier alpha value is -0.410. The van der Waals surface area contributed by atoms with E-state index < -0.39 is 0 Å². The van der Waals surface area contributed by atoms with Crippen molar-refractivity contribution in [3.8, 4) is 0 Å². The van der Waals surface area contributed by atoms with Gasteiger partial charge < -0.3 is 5.73 Å². The van der Waals surface area contributed by atoms with Crippen molar-refractivity contribution >= 4 is 15.9 Å². The maximum atomic E-state index is 13.4. The SMILES string of the molecule is CC(C)(C)C1CCC(C(N)Cc2cc(F)ccc2Br)CC1. The van der Waals surface area contributed by atoms with Crippen LogP contribution >= 0.6 is 15.9 Å². The second kappa shape index (κ2) is 6.78. The number of hydrogen-bond acceptors (Lipinski definition) is 1. The molecule has 1 unspecified atom stereocenters. The van der Waals surface area contributed by atoms with Gasteiger partial charge in [-0.25, -0.2) is 4.39 Å². The highest BCUT2D eigenvalue weighted by Gasteiger charge is 2.31. The summed E-state index contributed by atoms with van der Waals surface area (Å²) in [6, 6.07) is 4.98. The maximum absolute atomic E-state index is 13.4. The van der Waals surface area contributed by atoms with Gasteiger partial charge in [-0.1, -0.05) is 36.7 Å². The van der Waals surface area contributed by atoms with Crippen molar-refractivity contribution in [1.29, 1.82) is 0 Å². The van der Waals surface area contributed by atoms with E-state index in [1.54, 1.807) is 12.1 Å². The second-order valence-electron chi connectivity index (χ2n) is 7.58. The molecule has 118 valence electrons. The molecule has 1 aliphatic carbocycles. The summed E-state index contributed by atoms with van der Waals surface area (Å²) in [6.45, 7) is 7.01. The quantitative estimate of drug-likeness (QED) is 0.780. The van der Waals surface area contributed by atoms with E-state index in [0.29, 0.717) is 11.3 Å². The largest absolute Gasteiger partial charge is 0.327 e. The van der Waals surface area contributed by atoms with Crippen LogP contribution in [0, 0.1) is 23.1 Å². The van der Waals surface area contributed by atoms with E-state index in [-0.39, 0.29) is 11.9 Å². The molecule has 1 fully saturated rings. The summed E-state index contributed by atoms with van der Waals surface area (Å²) in [4.78, 5) is 0.